The van der Waals surface area contributed by atoms with Crippen molar-refractivity contribution in [3.8, 4) is 5.69 Å². The number of benzene rings is 2. The van der Waals surface area contributed by atoms with Crippen LogP contribution in [-0.4, -0.2) is 25.3 Å². The van der Waals surface area contributed by atoms with E-state index in [1.165, 1.54) is 0 Å². The van der Waals surface area contributed by atoms with E-state index in [1.807, 2.05) is 42.5 Å². The van der Waals surface area contributed by atoms with E-state index < -0.39 is 0 Å². The van der Waals surface area contributed by atoms with E-state index in [-0.39, 0.29) is 0 Å². The van der Waals surface area contributed by atoms with Crippen LogP contribution in [0.4, 0.5) is 11.6 Å². The van der Waals surface area contributed by atoms with Crippen molar-refractivity contribution >= 4 is 40.6 Å². The highest BCUT2D eigenvalue weighted by Gasteiger charge is 2.07. The number of hydrogen-bond acceptors (Lipinski definition) is 5. The summed E-state index contributed by atoms with van der Waals surface area (Å²) in [5.74, 6) is 0.413. The van der Waals surface area contributed by atoms with E-state index in [0.717, 1.165) is 11.4 Å². The molecular formula is C14H12ClN7S. The van der Waals surface area contributed by atoms with Crippen molar-refractivity contribution in [3.05, 3.63) is 59.6 Å². The first-order valence-electron chi connectivity index (χ1n) is 6.65. The molecule has 0 saturated heterocycles. The smallest absolute Gasteiger partial charge is 0.266 e. The second-order valence-corrected chi connectivity index (χ2v) is 5.31. The Labute approximate surface area is 142 Å². The first kappa shape index (κ1) is 15.2. The number of hydrazine groups is 1. The Balaban J connectivity index is 1.62. The zero-order valence-electron chi connectivity index (χ0n) is 11.8. The Morgan fingerprint density at radius 3 is 2.52 bits per heavy atom. The summed E-state index contributed by atoms with van der Waals surface area (Å²) in [5.41, 5.74) is 7.35. The van der Waals surface area contributed by atoms with E-state index in [1.54, 1.807) is 16.8 Å². The highest BCUT2D eigenvalue weighted by Crippen LogP contribution is 2.13. The van der Waals surface area contributed by atoms with Crippen LogP contribution in [0.25, 0.3) is 5.69 Å². The van der Waals surface area contributed by atoms with Gasteiger partial charge in [0.15, 0.2) is 5.11 Å². The molecule has 2 aromatic carbocycles. The molecule has 7 nitrogen and oxygen atoms in total. The number of tetrazole rings is 1. The van der Waals surface area contributed by atoms with Gasteiger partial charge in [0, 0.05) is 10.7 Å². The average molecular weight is 346 g/mol. The van der Waals surface area contributed by atoms with E-state index in [4.69, 9.17) is 23.8 Å². The van der Waals surface area contributed by atoms with Crippen molar-refractivity contribution in [3.63, 3.8) is 0 Å². The second-order valence-electron chi connectivity index (χ2n) is 4.46. The number of thiocarbonyl (C=S) groups is 1. The molecule has 0 amide bonds. The minimum atomic E-state index is 0.370. The molecule has 3 N–H and O–H groups in total. The van der Waals surface area contributed by atoms with E-state index in [0.29, 0.717) is 16.1 Å². The predicted molar refractivity (Wildman–Crippen MR) is 93.6 cm³/mol. The van der Waals surface area contributed by atoms with Crippen LogP contribution in [-0.2, 0) is 0 Å². The van der Waals surface area contributed by atoms with Crippen LogP contribution in [0.3, 0.4) is 0 Å². The highest BCUT2D eigenvalue weighted by atomic mass is 35.5. The molecule has 3 rings (SSSR count). The van der Waals surface area contributed by atoms with Crippen LogP contribution in [0.5, 0.6) is 0 Å². The molecule has 3 aromatic rings. The summed E-state index contributed by atoms with van der Waals surface area (Å²) in [7, 11) is 0. The number of nitrogens with zero attached hydrogens (tertiary/aromatic N) is 4. The van der Waals surface area contributed by atoms with Gasteiger partial charge in [-0.3, -0.25) is 10.9 Å². The van der Waals surface area contributed by atoms with Crippen molar-refractivity contribution in [2.75, 3.05) is 10.7 Å². The number of nitrogens with one attached hydrogen (secondary N) is 3. The fraction of sp³-hybridized carbons (Fsp3) is 0. The van der Waals surface area contributed by atoms with Gasteiger partial charge in [0.25, 0.3) is 5.95 Å². The molecule has 0 radical (unpaired) electrons. The van der Waals surface area contributed by atoms with Crippen molar-refractivity contribution in [2.24, 2.45) is 0 Å². The average Bonchev–Trinajstić information content (AvgIpc) is 3.04. The van der Waals surface area contributed by atoms with Crippen LogP contribution in [0.2, 0.25) is 5.02 Å². The zero-order chi connectivity index (χ0) is 16.1. The molecule has 0 bridgehead atoms. The summed E-state index contributed by atoms with van der Waals surface area (Å²) in [6.45, 7) is 0. The lowest BCUT2D eigenvalue weighted by molar-refractivity contribution is 0.788. The Morgan fingerprint density at radius 2 is 1.78 bits per heavy atom. The third-order valence-electron chi connectivity index (χ3n) is 2.86. The molecule has 0 spiro atoms. The largest absolute Gasteiger partial charge is 0.331 e. The maximum Gasteiger partial charge on any atom is 0.266 e. The lowest BCUT2D eigenvalue weighted by atomic mass is 10.3. The number of para-hydroxylation sites is 1. The number of hydrogen-bond donors (Lipinski definition) is 3. The first-order valence-corrected chi connectivity index (χ1v) is 7.43. The van der Waals surface area contributed by atoms with E-state index in [2.05, 4.69) is 31.7 Å². The fourth-order valence-electron chi connectivity index (χ4n) is 1.82. The SMILES string of the molecule is S=C(NNc1nnnn1-c1ccccc1)Nc1ccc(Cl)cc1. The van der Waals surface area contributed by atoms with Crippen LogP contribution >= 0.6 is 23.8 Å². The number of rotatable bonds is 4. The van der Waals surface area contributed by atoms with Gasteiger partial charge in [-0.1, -0.05) is 34.9 Å². The third-order valence-corrected chi connectivity index (χ3v) is 3.32. The van der Waals surface area contributed by atoms with Crippen molar-refractivity contribution < 1.29 is 0 Å². The lowest BCUT2D eigenvalue weighted by Gasteiger charge is -2.12. The lowest BCUT2D eigenvalue weighted by Crippen LogP contribution is -2.34. The zero-order valence-corrected chi connectivity index (χ0v) is 13.3. The number of anilines is 2. The van der Waals surface area contributed by atoms with Crippen molar-refractivity contribution in [2.45, 2.75) is 0 Å². The van der Waals surface area contributed by atoms with Gasteiger partial charge in [0.1, 0.15) is 0 Å². The summed E-state index contributed by atoms with van der Waals surface area (Å²) < 4.78 is 1.55. The number of halogens is 1. The molecule has 0 aliphatic carbocycles. The monoisotopic (exact) mass is 345 g/mol. The molecular weight excluding hydrogens is 334 g/mol. The third kappa shape index (κ3) is 3.93. The maximum atomic E-state index is 5.84. The quantitative estimate of drug-likeness (QED) is 0.495. The van der Waals surface area contributed by atoms with Crippen LogP contribution in [0.1, 0.15) is 0 Å². The summed E-state index contributed by atoms with van der Waals surface area (Å²) in [5, 5.41) is 15.5. The van der Waals surface area contributed by atoms with Crippen LogP contribution in [0, 0.1) is 0 Å². The Hall–Kier alpha value is -2.71. The van der Waals surface area contributed by atoms with Gasteiger partial charge >= 0.3 is 0 Å². The standard InChI is InChI=1S/C14H12ClN7S/c15-10-6-8-11(9-7-10)16-14(23)19-17-13-18-20-21-22(13)12-4-2-1-3-5-12/h1-9H,(H2,16,19,23)(H,17,18,21). The molecule has 1 aromatic heterocycles. The molecule has 0 unspecified atom stereocenters. The van der Waals surface area contributed by atoms with Gasteiger partial charge in [-0.2, -0.15) is 4.68 Å². The minimum absolute atomic E-state index is 0.370. The molecule has 0 fully saturated rings. The molecule has 0 aliphatic rings. The van der Waals surface area contributed by atoms with E-state index in [9.17, 15) is 0 Å². The molecule has 0 aliphatic heterocycles. The fourth-order valence-corrected chi connectivity index (χ4v) is 2.11. The molecule has 0 atom stereocenters. The Morgan fingerprint density at radius 1 is 1.04 bits per heavy atom. The maximum absolute atomic E-state index is 5.84. The van der Waals surface area contributed by atoms with Gasteiger partial charge in [0.05, 0.1) is 5.69 Å². The van der Waals surface area contributed by atoms with Gasteiger partial charge in [0.2, 0.25) is 0 Å². The number of aromatic nitrogens is 4. The summed E-state index contributed by atoms with van der Waals surface area (Å²) in [6.07, 6.45) is 0. The normalized spacial score (nSPS) is 10.1. The molecule has 23 heavy (non-hydrogen) atoms. The molecule has 1 heterocycles. The Bertz CT molecular complexity index is 788. The molecule has 9 heteroatoms. The van der Waals surface area contributed by atoms with Crippen molar-refractivity contribution in [1.29, 1.82) is 0 Å². The first-order chi connectivity index (χ1) is 11.2. The second kappa shape index (κ2) is 7.03. The summed E-state index contributed by atoms with van der Waals surface area (Å²) in [4.78, 5) is 0. The topological polar surface area (TPSA) is 79.7 Å². The minimum Gasteiger partial charge on any atom is -0.331 e. The predicted octanol–water partition coefficient (Wildman–Crippen LogP) is 2.63. The molecule has 116 valence electrons. The van der Waals surface area contributed by atoms with Crippen LogP contribution < -0.4 is 16.2 Å². The summed E-state index contributed by atoms with van der Waals surface area (Å²) in [6, 6.07) is 16.7. The van der Waals surface area contributed by atoms with Gasteiger partial charge in [-0.15, -0.1) is 0 Å². The van der Waals surface area contributed by atoms with Crippen molar-refractivity contribution in [1.82, 2.24) is 25.6 Å². The summed E-state index contributed by atoms with van der Waals surface area (Å²) >= 11 is 11.0. The van der Waals surface area contributed by atoms with Crippen LogP contribution in [0.15, 0.2) is 54.6 Å². The van der Waals surface area contributed by atoms with Gasteiger partial charge in [-0.25, -0.2) is 0 Å². The highest BCUT2D eigenvalue weighted by molar-refractivity contribution is 7.80. The van der Waals surface area contributed by atoms with Gasteiger partial charge in [-0.05, 0) is 59.0 Å². The Kier molecular flexibility index (Phi) is 4.65. The van der Waals surface area contributed by atoms with Gasteiger partial charge < -0.3 is 5.32 Å². The molecule has 0 saturated carbocycles. The van der Waals surface area contributed by atoms with E-state index >= 15 is 0 Å².